The molecule has 1 atom stereocenters. The maximum absolute atomic E-state index is 5.46. The molecule has 0 spiro atoms. The molecule has 1 aliphatic rings. The Balaban J connectivity index is 1.66. The van der Waals surface area contributed by atoms with Gasteiger partial charge in [-0.05, 0) is 36.6 Å². The molecule has 0 aliphatic carbocycles. The Hall–Kier alpha value is -0.540. The van der Waals surface area contributed by atoms with Gasteiger partial charge in [0, 0.05) is 18.6 Å². The summed E-state index contributed by atoms with van der Waals surface area (Å²) in [5, 5.41) is 0. The second-order valence-corrected chi connectivity index (χ2v) is 4.95. The molecule has 0 saturated carbocycles. The average Bonchev–Trinajstić information content (AvgIpc) is 2.32. The van der Waals surface area contributed by atoms with Gasteiger partial charge in [0.25, 0.3) is 0 Å². The molecule has 2 rings (SSSR count). The van der Waals surface area contributed by atoms with E-state index in [-0.39, 0.29) is 0 Å². The van der Waals surface area contributed by atoms with Crippen LogP contribution in [0.3, 0.4) is 0 Å². The van der Waals surface area contributed by atoms with Crippen molar-refractivity contribution in [3.8, 4) is 0 Å². The molecule has 0 N–H and O–H groups in total. The lowest BCUT2D eigenvalue weighted by Gasteiger charge is -2.21. The molecule has 3 heteroatoms. The first-order chi connectivity index (χ1) is 7.45. The van der Waals surface area contributed by atoms with E-state index < -0.39 is 0 Å². The van der Waals surface area contributed by atoms with Crippen molar-refractivity contribution in [1.29, 1.82) is 0 Å². The first-order valence-electron chi connectivity index (χ1n) is 5.50. The van der Waals surface area contributed by atoms with Crippen molar-refractivity contribution >= 4 is 11.8 Å². The highest BCUT2D eigenvalue weighted by Crippen LogP contribution is 2.20. The second kappa shape index (κ2) is 6.13. The van der Waals surface area contributed by atoms with Gasteiger partial charge in [0.15, 0.2) is 0 Å². The van der Waals surface area contributed by atoms with Crippen LogP contribution in [-0.4, -0.2) is 24.0 Å². The molecule has 2 nitrogen and oxygen atoms in total. The molecule has 15 heavy (non-hydrogen) atoms. The van der Waals surface area contributed by atoms with Crippen LogP contribution in [0.25, 0.3) is 0 Å². The lowest BCUT2D eigenvalue weighted by molar-refractivity contribution is 0.0632. The first kappa shape index (κ1) is 11.0. The van der Waals surface area contributed by atoms with E-state index in [1.165, 1.54) is 24.3 Å². The van der Waals surface area contributed by atoms with Crippen molar-refractivity contribution in [3.63, 3.8) is 0 Å². The van der Waals surface area contributed by atoms with E-state index in [9.17, 15) is 0 Å². The van der Waals surface area contributed by atoms with E-state index in [1.807, 2.05) is 30.1 Å². The normalized spacial score (nSPS) is 21.5. The van der Waals surface area contributed by atoms with E-state index in [2.05, 4.69) is 11.1 Å². The summed E-state index contributed by atoms with van der Waals surface area (Å²) in [6.45, 7) is 1.91. The minimum atomic E-state index is 0.757. The summed E-state index contributed by atoms with van der Waals surface area (Å²) < 4.78 is 5.46. The molecule has 0 radical (unpaired) electrons. The van der Waals surface area contributed by atoms with E-state index in [1.54, 1.807) is 0 Å². The highest BCUT2D eigenvalue weighted by Gasteiger charge is 2.13. The van der Waals surface area contributed by atoms with E-state index >= 15 is 0 Å². The molecule has 1 aromatic heterocycles. The third-order valence-electron chi connectivity index (χ3n) is 2.58. The third-order valence-corrected chi connectivity index (χ3v) is 3.79. The van der Waals surface area contributed by atoms with Crippen molar-refractivity contribution in [1.82, 2.24) is 4.98 Å². The summed E-state index contributed by atoms with van der Waals surface area (Å²) in [5.41, 5.74) is 1.18. The third kappa shape index (κ3) is 3.84. The lowest BCUT2D eigenvalue weighted by atomic mass is 10.1. The van der Waals surface area contributed by atoms with Crippen LogP contribution < -0.4 is 0 Å². The van der Waals surface area contributed by atoms with Gasteiger partial charge < -0.3 is 4.74 Å². The second-order valence-electron chi connectivity index (χ2n) is 3.92. The largest absolute Gasteiger partial charge is 0.381 e. The zero-order valence-corrected chi connectivity index (χ0v) is 9.71. The molecule has 82 valence electrons. The summed E-state index contributed by atoms with van der Waals surface area (Å²) in [6, 6.07) is 6.10. The molecular weight excluding hydrogens is 206 g/mol. The average molecular weight is 223 g/mol. The molecule has 0 unspecified atom stereocenters. The van der Waals surface area contributed by atoms with Crippen molar-refractivity contribution in [2.75, 3.05) is 19.0 Å². The Morgan fingerprint density at radius 3 is 3.20 bits per heavy atom. The number of aromatic nitrogens is 1. The molecule has 0 aromatic carbocycles. The number of nitrogens with zero attached hydrogens (tertiary/aromatic N) is 1. The molecule has 0 amide bonds. The van der Waals surface area contributed by atoms with Crippen LogP contribution in [0, 0.1) is 5.92 Å². The van der Waals surface area contributed by atoms with Crippen molar-refractivity contribution in [3.05, 3.63) is 30.1 Å². The van der Waals surface area contributed by atoms with E-state index in [0.717, 1.165) is 24.9 Å². The number of hydrogen-bond acceptors (Lipinski definition) is 3. The molecule has 2 heterocycles. The van der Waals surface area contributed by atoms with Gasteiger partial charge in [-0.2, -0.15) is 11.8 Å². The van der Waals surface area contributed by atoms with Crippen LogP contribution in [0.5, 0.6) is 0 Å². The molecule has 0 bridgehead atoms. The number of hydrogen-bond donors (Lipinski definition) is 0. The Kier molecular flexibility index (Phi) is 4.48. The highest BCUT2D eigenvalue weighted by atomic mass is 32.2. The number of rotatable bonds is 4. The Labute approximate surface area is 95.4 Å². The van der Waals surface area contributed by atoms with Crippen LogP contribution in [0.1, 0.15) is 18.5 Å². The van der Waals surface area contributed by atoms with Gasteiger partial charge in [-0.3, -0.25) is 4.98 Å². The van der Waals surface area contributed by atoms with Crippen molar-refractivity contribution < 1.29 is 4.74 Å². The van der Waals surface area contributed by atoms with Crippen LogP contribution in [-0.2, 0) is 10.5 Å². The van der Waals surface area contributed by atoms with Crippen molar-refractivity contribution in [2.45, 2.75) is 18.6 Å². The fourth-order valence-corrected chi connectivity index (χ4v) is 2.85. The summed E-state index contributed by atoms with van der Waals surface area (Å²) in [4.78, 5) is 4.31. The number of pyridine rings is 1. The lowest BCUT2D eigenvalue weighted by Crippen LogP contribution is -2.19. The predicted octanol–water partition coefficient (Wildman–Crippen LogP) is 2.74. The maximum atomic E-state index is 5.46. The maximum Gasteiger partial charge on any atom is 0.0502 e. The predicted molar refractivity (Wildman–Crippen MR) is 63.9 cm³/mol. The molecular formula is C12H17NOS. The van der Waals surface area contributed by atoms with Gasteiger partial charge in [0.1, 0.15) is 0 Å². The molecule has 1 fully saturated rings. The van der Waals surface area contributed by atoms with E-state index in [4.69, 9.17) is 4.74 Å². The minimum Gasteiger partial charge on any atom is -0.381 e. The smallest absolute Gasteiger partial charge is 0.0502 e. The van der Waals surface area contributed by atoms with Gasteiger partial charge in [0.2, 0.25) is 0 Å². The Morgan fingerprint density at radius 1 is 1.47 bits per heavy atom. The van der Waals surface area contributed by atoms with Crippen LogP contribution in [0.2, 0.25) is 0 Å². The fraction of sp³-hybridized carbons (Fsp3) is 0.583. The van der Waals surface area contributed by atoms with Crippen LogP contribution in [0.15, 0.2) is 24.4 Å². The SMILES string of the molecule is c1ccc(CSC[C@H]2CCCOC2)nc1. The van der Waals surface area contributed by atoms with Crippen molar-refractivity contribution in [2.24, 2.45) is 5.92 Å². The van der Waals surface area contributed by atoms with Crippen LogP contribution in [0.4, 0.5) is 0 Å². The van der Waals surface area contributed by atoms with Gasteiger partial charge >= 0.3 is 0 Å². The zero-order valence-electron chi connectivity index (χ0n) is 8.89. The van der Waals surface area contributed by atoms with Crippen LogP contribution >= 0.6 is 11.8 Å². The quantitative estimate of drug-likeness (QED) is 0.783. The van der Waals surface area contributed by atoms with Gasteiger partial charge in [-0.15, -0.1) is 0 Å². The number of thioether (sulfide) groups is 1. The summed E-state index contributed by atoms with van der Waals surface area (Å²) in [5.74, 6) is 2.99. The fourth-order valence-electron chi connectivity index (χ4n) is 1.75. The first-order valence-corrected chi connectivity index (χ1v) is 6.66. The number of ether oxygens (including phenoxy) is 1. The monoisotopic (exact) mass is 223 g/mol. The standard InChI is InChI=1S/C12H17NOS/c1-2-6-13-12(5-1)10-15-9-11-4-3-7-14-8-11/h1-2,5-6,11H,3-4,7-10H2/t11-/m0/s1. The molecule has 1 aliphatic heterocycles. The van der Waals surface area contributed by atoms with Gasteiger partial charge in [-0.25, -0.2) is 0 Å². The highest BCUT2D eigenvalue weighted by molar-refractivity contribution is 7.98. The topological polar surface area (TPSA) is 22.1 Å². The van der Waals surface area contributed by atoms with Gasteiger partial charge in [0.05, 0.1) is 12.3 Å². The molecule has 1 aromatic rings. The summed E-state index contributed by atoms with van der Waals surface area (Å²) in [6.07, 6.45) is 4.42. The minimum absolute atomic E-state index is 0.757. The Morgan fingerprint density at radius 2 is 2.47 bits per heavy atom. The van der Waals surface area contributed by atoms with E-state index in [0.29, 0.717) is 0 Å². The molecule has 1 saturated heterocycles. The van der Waals surface area contributed by atoms with Gasteiger partial charge in [-0.1, -0.05) is 6.07 Å². The summed E-state index contributed by atoms with van der Waals surface area (Å²) >= 11 is 1.97. The zero-order chi connectivity index (χ0) is 10.3. The summed E-state index contributed by atoms with van der Waals surface area (Å²) in [7, 11) is 0. The Bertz CT molecular complexity index is 272.